The lowest BCUT2D eigenvalue weighted by Gasteiger charge is -2.41. The number of ether oxygens (including phenoxy) is 3. The fraction of sp³-hybridized carbons (Fsp3) is 0.811. The molecule has 0 aliphatic carbocycles. The number of aliphatic hydroxyl groups excluding tert-OH is 5. The van der Waals surface area contributed by atoms with Gasteiger partial charge in [-0.15, -0.1) is 0 Å². The highest BCUT2D eigenvalue weighted by Crippen LogP contribution is 2.26. The minimum absolute atomic E-state index is 0.115. The second kappa shape index (κ2) is 61.3. The van der Waals surface area contributed by atoms with Gasteiger partial charge < -0.3 is 45.1 Å². The Balaban J connectivity index is 2.55. The Hall–Kier alpha value is -2.90. The monoisotopic (exact) mass is 1200 g/mol. The Kier molecular flexibility index (Phi) is 57.8. The molecule has 8 unspecified atom stereocenters. The summed E-state index contributed by atoms with van der Waals surface area (Å²) < 4.78 is 17.7. The topological polar surface area (TPSA) is 175 Å². The van der Waals surface area contributed by atoms with Crippen LogP contribution in [0, 0.1) is 0 Å². The number of amides is 1. The lowest BCUT2D eigenvalue weighted by molar-refractivity contribution is -0.305. The van der Waals surface area contributed by atoms with Crippen LogP contribution >= 0.6 is 0 Å². The van der Waals surface area contributed by atoms with Gasteiger partial charge in [0.2, 0.25) is 5.91 Å². The van der Waals surface area contributed by atoms with Crippen molar-refractivity contribution in [2.45, 2.75) is 372 Å². The number of carbonyl (C=O) groups excluding carboxylic acids is 2. The molecule has 0 spiro atoms. The van der Waals surface area contributed by atoms with Crippen LogP contribution in [0.3, 0.4) is 0 Å². The smallest absolute Gasteiger partial charge is 0.306 e. The summed E-state index contributed by atoms with van der Waals surface area (Å²) in [4.78, 5) is 26.7. The third-order valence-electron chi connectivity index (χ3n) is 16.6. The van der Waals surface area contributed by atoms with Gasteiger partial charge in [0, 0.05) is 6.42 Å². The molecule has 0 saturated carbocycles. The van der Waals surface area contributed by atoms with Crippen LogP contribution in [0.4, 0.5) is 0 Å². The summed E-state index contributed by atoms with van der Waals surface area (Å²) in [6.45, 7) is 5.71. The van der Waals surface area contributed by atoms with Gasteiger partial charge in [0.25, 0.3) is 0 Å². The molecule has 85 heavy (non-hydrogen) atoms. The maximum Gasteiger partial charge on any atom is 0.306 e. The predicted molar refractivity (Wildman–Crippen MR) is 356 cm³/mol. The van der Waals surface area contributed by atoms with Gasteiger partial charge in [-0.2, -0.15) is 0 Å². The fourth-order valence-electron chi connectivity index (χ4n) is 11.0. The predicted octanol–water partition coefficient (Wildman–Crippen LogP) is 18.3. The van der Waals surface area contributed by atoms with Gasteiger partial charge in [-0.05, 0) is 70.6 Å². The number of rotatable bonds is 61. The van der Waals surface area contributed by atoms with E-state index in [9.17, 15) is 35.1 Å². The van der Waals surface area contributed by atoms with Crippen LogP contribution in [-0.2, 0) is 23.8 Å². The first kappa shape index (κ1) is 80.1. The highest BCUT2D eigenvalue weighted by Gasteiger charge is 2.47. The van der Waals surface area contributed by atoms with Gasteiger partial charge >= 0.3 is 5.97 Å². The largest absolute Gasteiger partial charge is 0.454 e. The Labute approximate surface area is 521 Å². The minimum Gasteiger partial charge on any atom is -0.454 e. The molecule has 0 bridgehead atoms. The quantitative estimate of drug-likeness (QED) is 0.0195. The fourth-order valence-corrected chi connectivity index (χ4v) is 11.0. The van der Waals surface area contributed by atoms with Gasteiger partial charge in [0.15, 0.2) is 12.4 Å². The Morgan fingerprint density at radius 2 is 0.847 bits per heavy atom. The average molecular weight is 1200 g/mol. The van der Waals surface area contributed by atoms with E-state index in [1.54, 1.807) is 6.08 Å². The first-order valence-electron chi connectivity index (χ1n) is 35.7. The van der Waals surface area contributed by atoms with Gasteiger partial charge in [-0.1, -0.05) is 318 Å². The molecular formula is C74H133NO10. The van der Waals surface area contributed by atoms with Gasteiger partial charge in [-0.3, -0.25) is 9.59 Å². The third kappa shape index (κ3) is 48.7. The van der Waals surface area contributed by atoms with E-state index in [1.807, 2.05) is 6.08 Å². The van der Waals surface area contributed by atoms with E-state index in [1.165, 1.54) is 173 Å². The van der Waals surface area contributed by atoms with Gasteiger partial charge in [-0.25, -0.2) is 0 Å². The SMILES string of the molecule is CC/C=C\C/C=C\C/C=C\C/C=C\C/C=C\CCCCCCCCCCCC(=O)OC1C(OCC(NC(=O)C(O)CCCCCCCCCCCCCCCCCCCCCC)C(O)/C=C/CCCCCCCCCCC)OC(CO)C(O)C1O. The van der Waals surface area contributed by atoms with Crippen molar-refractivity contribution in [2.24, 2.45) is 0 Å². The van der Waals surface area contributed by atoms with Crippen molar-refractivity contribution in [1.82, 2.24) is 5.32 Å². The number of allylic oxidation sites excluding steroid dienone is 11. The van der Waals surface area contributed by atoms with Crippen LogP contribution in [0.25, 0.3) is 0 Å². The molecule has 8 atom stereocenters. The van der Waals surface area contributed by atoms with Crippen molar-refractivity contribution in [3.05, 3.63) is 72.9 Å². The summed E-state index contributed by atoms with van der Waals surface area (Å²) in [7, 11) is 0. The molecule has 0 aromatic rings. The molecule has 494 valence electrons. The zero-order valence-corrected chi connectivity index (χ0v) is 55.0. The van der Waals surface area contributed by atoms with E-state index in [2.05, 4.69) is 86.8 Å². The summed E-state index contributed by atoms with van der Waals surface area (Å²) in [6.07, 6.45) is 69.4. The number of hydrogen-bond acceptors (Lipinski definition) is 10. The highest BCUT2D eigenvalue weighted by atomic mass is 16.7. The molecule has 6 N–H and O–H groups in total. The normalized spacial score (nSPS) is 18.8. The summed E-state index contributed by atoms with van der Waals surface area (Å²) in [5, 5.41) is 57.2. The summed E-state index contributed by atoms with van der Waals surface area (Å²) >= 11 is 0. The Morgan fingerprint density at radius 3 is 1.27 bits per heavy atom. The molecule has 0 aromatic carbocycles. The number of esters is 1. The molecule has 1 saturated heterocycles. The van der Waals surface area contributed by atoms with Crippen LogP contribution in [-0.4, -0.2) is 99.6 Å². The van der Waals surface area contributed by atoms with Crippen LogP contribution in [0.15, 0.2) is 72.9 Å². The molecular weight excluding hydrogens is 1060 g/mol. The Morgan fingerprint density at radius 1 is 0.471 bits per heavy atom. The van der Waals surface area contributed by atoms with Crippen molar-refractivity contribution in [2.75, 3.05) is 13.2 Å². The molecule has 1 aliphatic heterocycles. The lowest BCUT2D eigenvalue weighted by Crippen LogP contribution is -2.61. The summed E-state index contributed by atoms with van der Waals surface area (Å²) in [6, 6.07) is -1.03. The summed E-state index contributed by atoms with van der Waals surface area (Å²) in [5.41, 5.74) is 0. The lowest BCUT2D eigenvalue weighted by atomic mass is 9.99. The molecule has 1 amide bonds. The number of hydrogen-bond donors (Lipinski definition) is 6. The van der Waals surface area contributed by atoms with Crippen molar-refractivity contribution < 1.29 is 49.3 Å². The van der Waals surface area contributed by atoms with E-state index in [0.29, 0.717) is 19.3 Å². The molecule has 1 fully saturated rings. The molecule has 1 aliphatic rings. The average Bonchev–Trinajstić information content (AvgIpc) is 2.90. The van der Waals surface area contributed by atoms with E-state index in [4.69, 9.17) is 14.2 Å². The third-order valence-corrected chi connectivity index (χ3v) is 16.6. The van der Waals surface area contributed by atoms with E-state index >= 15 is 0 Å². The number of aliphatic hydroxyl groups is 5. The minimum atomic E-state index is -1.62. The maximum atomic E-state index is 13.5. The maximum absolute atomic E-state index is 13.5. The summed E-state index contributed by atoms with van der Waals surface area (Å²) in [5.74, 6) is -1.19. The highest BCUT2D eigenvalue weighted by molar-refractivity contribution is 5.80. The van der Waals surface area contributed by atoms with Gasteiger partial charge in [0.05, 0.1) is 25.4 Å². The zero-order chi connectivity index (χ0) is 61.7. The zero-order valence-electron chi connectivity index (χ0n) is 55.0. The van der Waals surface area contributed by atoms with Crippen LogP contribution < -0.4 is 5.32 Å². The first-order chi connectivity index (χ1) is 41.7. The number of unbranched alkanes of at least 4 members (excludes halogenated alkanes) is 37. The molecule has 11 heteroatoms. The Bertz CT molecular complexity index is 1660. The van der Waals surface area contributed by atoms with Gasteiger partial charge in [0.1, 0.15) is 24.4 Å². The van der Waals surface area contributed by atoms with Crippen molar-refractivity contribution in [1.29, 1.82) is 0 Å². The molecule has 1 heterocycles. The second-order valence-corrected chi connectivity index (χ2v) is 24.6. The number of carbonyl (C=O) groups is 2. The van der Waals surface area contributed by atoms with E-state index < -0.39 is 67.4 Å². The molecule has 0 radical (unpaired) electrons. The molecule has 0 aromatic heterocycles. The van der Waals surface area contributed by atoms with Crippen LogP contribution in [0.2, 0.25) is 0 Å². The van der Waals surface area contributed by atoms with Crippen molar-refractivity contribution >= 4 is 11.9 Å². The van der Waals surface area contributed by atoms with Crippen molar-refractivity contribution in [3.63, 3.8) is 0 Å². The molecule has 11 nitrogen and oxygen atoms in total. The van der Waals surface area contributed by atoms with E-state index in [-0.39, 0.29) is 13.0 Å². The number of nitrogens with one attached hydrogen (secondary N) is 1. The second-order valence-electron chi connectivity index (χ2n) is 24.6. The van der Waals surface area contributed by atoms with Crippen LogP contribution in [0.5, 0.6) is 0 Å². The standard InChI is InChI=1S/C74H133NO10/c1-4-7-10-13-16-19-22-24-26-28-30-32-33-34-35-36-38-40-42-44-47-50-53-56-59-62-69(79)85-72-71(81)70(80)68(63-76)84-74(72)83-64-65(66(77)60-57-54-51-48-45-21-18-15-12-9-6-3)75-73(82)67(78)61-58-55-52-49-46-43-41-39-37-31-29-27-25-23-20-17-14-11-8-5-2/h7,10,16,19,24,26,30,32,34-35,57,60,65-68,70-72,74,76-78,80-81H,4-6,8-9,11-15,17-18,20-23,25,27-29,31,33,36-56,58-59,61-64H2,1-3H3,(H,75,82)/b10-7-,19-16-,26-24-,32-30-,35-34-,60-57+. The van der Waals surface area contributed by atoms with E-state index in [0.717, 1.165) is 103 Å². The van der Waals surface area contributed by atoms with Crippen LogP contribution in [0.1, 0.15) is 323 Å². The first-order valence-corrected chi connectivity index (χ1v) is 35.7. The molecule has 1 rings (SSSR count). The van der Waals surface area contributed by atoms with Crippen molar-refractivity contribution in [3.8, 4) is 0 Å².